The molecule has 0 atom stereocenters. The monoisotopic (exact) mass is 287 g/mol. The van der Waals surface area contributed by atoms with E-state index < -0.39 is 0 Å². The number of carbonyl (C=O) groups excluding carboxylic acids is 2. The minimum atomic E-state index is -0.257. The zero-order chi connectivity index (χ0) is 13.2. The average Bonchev–Trinajstić information content (AvgIpc) is 3.01. The van der Waals surface area contributed by atoms with Crippen LogP contribution in [0, 0.1) is 0 Å². The van der Waals surface area contributed by atoms with Crippen molar-refractivity contribution in [3.05, 3.63) is 57.6 Å². The summed E-state index contributed by atoms with van der Waals surface area (Å²) in [5, 5.41) is 3.63. The first-order valence-corrected chi connectivity index (χ1v) is 7.37. The van der Waals surface area contributed by atoms with Gasteiger partial charge in [0.2, 0.25) is 0 Å². The van der Waals surface area contributed by atoms with E-state index in [-0.39, 0.29) is 11.1 Å². The van der Waals surface area contributed by atoms with Crippen molar-refractivity contribution in [2.75, 3.05) is 4.90 Å². The molecule has 1 aromatic heterocycles. The normalized spacial score (nSPS) is 17.5. The van der Waals surface area contributed by atoms with E-state index in [0.29, 0.717) is 10.6 Å². The number of amides is 2. The first-order valence-electron chi connectivity index (χ1n) is 5.61. The van der Waals surface area contributed by atoms with E-state index in [1.807, 2.05) is 22.9 Å². The molecule has 1 aliphatic rings. The second-order valence-corrected chi connectivity index (χ2v) is 5.68. The van der Waals surface area contributed by atoms with Crippen molar-refractivity contribution >= 4 is 46.0 Å². The van der Waals surface area contributed by atoms with Crippen LogP contribution in [-0.2, 0) is 4.79 Å². The zero-order valence-electron chi connectivity index (χ0n) is 9.78. The van der Waals surface area contributed by atoms with Crippen molar-refractivity contribution in [1.29, 1.82) is 0 Å². The number of para-hydroxylation sites is 1. The number of benzene rings is 1. The minimum absolute atomic E-state index is 0.252. The Balaban J connectivity index is 1.94. The van der Waals surface area contributed by atoms with Crippen molar-refractivity contribution in [3.63, 3.8) is 0 Å². The van der Waals surface area contributed by atoms with Crippen LogP contribution in [0.15, 0.2) is 52.1 Å². The van der Waals surface area contributed by atoms with Gasteiger partial charge in [0.25, 0.3) is 11.1 Å². The van der Waals surface area contributed by atoms with Crippen LogP contribution in [0.2, 0.25) is 0 Å². The smallest absolute Gasteiger partial charge is 0.268 e. The van der Waals surface area contributed by atoms with Crippen LogP contribution in [0.5, 0.6) is 0 Å². The third-order valence-corrected chi connectivity index (χ3v) is 4.22. The highest BCUT2D eigenvalue weighted by Crippen LogP contribution is 2.35. The molecule has 94 valence electrons. The Bertz CT molecular complexity index is 647. The SMILES string of the molecule is O=C1S/C(=C\c2ccsc2)C(=O)N1c1ccccc1. The summed E-state index contributed by atoms with van der Waals surface area (Å²) in [6.45, 7) is 0. The first-order chi connectivity index (χ1) is 9.25. The van der Waals surface area contributed by atoms with Gasteiger partial charge >= 0.3 is 0 Å². The van der Waals surface area contributed by atoms with Crippen LogP contribution in [-0.4, -0.2) is 11.1 Å². The fraction of sp³-hybridized carbons (Fsp3) is 0. The molecule has 1 fully saturated rings. The number of hydrogen-bond acceptors (Lipinski definition) is 4. The summed E-state index contributed by atoms with van der Waals surface area (Å²) in [4.78, 5) is 25.9. The molecule has 5 heteroatoms. The van der Waals surface area contributed by atoms with E-state index >= 15 is 0 Å². The van der Waals surface area contributed by atoms with E-state index in [1.54, 1.807) is 41.7 Å². The van der Waals surface area contributed by atoms with Crippen LogP contribution in [0.4, 0.5) is 10.5 Å². The minimum Gasteiger partial charge on any atom is -0.268 e. The fourth-order valence-corrected chi connectivity index (χ4v) is 3.24. The summed E-state index contributed by atoms with van der Waals surface area (Å²) < 4.78 is 0. The van der Waals surface area contributed by atoms with Gasteiger partial charge < -0.3 is 0 Å². The molecule has 2 amide bonds. The molecule has 1 aromatic carbocycles. The number of thiophene rings is 1. The molecule has 2 aromatic rings. The molecule has 3 nitrogen and oxygen atoms in total. The van der Waals surface area contributed by atoms with Crippen molar-refractivity contribution in [2.24, 2.45) is 0 Å². The van der Waals surface area contributed by atoms with Crippen LogP contribution >= 0.6 is 23.1 Å². The Labute approximate surface area is 118 Å². The number of anilines is 1. The number of nitrogens with zero attached hydrogens (tertiary/aromatic N) is 1. The molecule has 0 bridgehead atoms. The van der Waals surface area contributed by atoms with Crippen LogP contribution in [0.1, 0.15) is 5.56 Å². The maximum absolute atomic E-state index is 12.3. The van der Waals surface area contributed by atoms with E-state index in [9.17, 15) is 9.59 Å². The van der Waals surface area contributed by atoms with Crippen LogP contribution in [0.3, 0.4) is 0 Å². The zero-order valence-corrected chi connectivity index (χ0v) is 11.4. The highest BCUT2D eigenvalue weighted by atomic mass is 32.2. The van der Waals surface area contributed by atoms with Gasteiger partial charge in [-0.2, -0.15) is 11.3 Å². The van der Waals surface area contributed by atoms with Gasteiger partial charge in [-0.05, 0) is 52.4 Å². The molecule has 3 rings (SSSR count). The lowest BCUT2D eigenvalue weighted by Gasteiger charge is -2.11. The highest BCUT2D eigenvalue weighted by molar-refractivity contribution is 8.19. The third kappa shape index (κ3) is 2.34. The van der Waals surface area contributed by atoms with E-state index in [1.165, 1.54) is 4.90 Å². The number of carbonyl (C=O) groups is 2. The van der Waals surface area contributed by atoms with Gasteiger partial charge in [-0.1, -0.05) is 18.2 Å². The van der Waals surface area contributed by atoms with E-state index in [2.05, 4.69) is 0 Å². The molecular weight excluding hydrogens is 278 g/mol. The predicted octanol–water partition coefficient (Wildman–Crippen LogP) is 3.99. The maximum atomic E-state index is 12.3. The molecule has 0 N–H and O–H groups in total. The molecule has 1 aliphatic heterocycles. The van der Waals surface area contributed by atoms with E-state index in [0.717, 1.165) is 17.3 Å². The molecule has 0 unspecified atom stereocenters. The maximum Gasteiger partial charge on any atom is 0.298 e. The largest absolute Gasteiger partial charge is 0.298 e. The number of imide groups is 1. The molecule has 0 radical (unpaired) electrons. The average molecular weight is 287 g/mol. The fourth-order valence-electron chi connectivity index (χ4n) is 1.78. The summed E-state index contributed by atoms with van der Waals surface area (Å²) >= 11 is 2.54. The second-order valence-electron chi connectivity index (χ2n) is 3.91. The standard InChI is InChI=1S/C14H9NO2S2/c16-13-12(8-10-6-7-18-9-10)19-14(17)15(13)11-4-2-1-3-5-11/h1-9H/b12-8-. The van der Waals surface area contributed by atoms with Gasteiger partial charge in [-0.25, -0.2) is 4.90 Å². The molecule has 2 heterocycles. The predicted molar refractivity (Wildman–Crippen MR) is 79.2 cm³/mol. The quantitative estimate of drug-likeness (QED) is 0.784. The molecule has 0 aliphatic carbocycles. The number of rotatable bonds is 2. The molecule has 0 spiro atoms. The van der Waals surface area contributed by atoms with Gasteiger partial charge in [0.05, 0.1) is 10.6 Å². The lowest BCUT2D eigenvalue weighted by molar-refractivity contribution is -0.113. The van der Waals surface area contributed by atoms with Crippen LogP contribution in [0.25, 0.3) is 6.08 Å². The van der Waals surface area contributed by atoms with Gasteiger partial charge in [0.15, 0.2) is 0 Å². The summed E-state index contributed by atoms with van der Waals surface area (Å²) in [5.41, 5.74) is 1.56. The highest BCUT2D eigenvalue weighted by Gasteiger charge is 2.36. The van der Waals surface area contributed by atoms with Gasteiger partial charge in [-0.3, -0.25) is 9.59 Å². The van der Waals surface area contributed by atoms with Crippen molar-refractivity contribution in [3.8, 4) is 0 Å². The number of thioether (sulfide) groups is 1. The Kier molecular flexibility index (Phi) is 3.23. The lowest BCUT2D eigenvalue weighted by Crippen LogP contribution is -2.27. The van der Waals surface area contributed by atoms with Crippen molar-refractivity contribution in [2.45, 2.75) is 0 Å². The van der Waals surface area contributed by atoms with Gasteiger partial charge in [0.1, 0.15) is 0 Å². The van der Waals surface area contributed by atoms with Gasteiger partial charge in [-0.15, -0.1) is 0 Å². The van der Waals surface area contributed by atoms with Crippen molar-refractivity contribution in [1.82, 2.24) is 0 Å². The molecule has 19 heavy (non-hydrogen) atoms. The first kappa shape index (κ1) is 12.2. The van der Waals surface area contributed by atoms with E-state index in [4.69, 9.17) is 0 Å². The molecule has 0 saturated carbocycles. The summed E-state index contributed by atoms with van der Waals surface area (Å²) in [6, 6.07) is 10.9. The van der Waals surface area contributed by atoms with Crippen molar-refractivity contribution < 1.29 is 9.59 Å². The summed E-state index contributed by atoms with van der Waals surface area (Å²) in [5.74, 6) is -0.257. The Morgan fingerprint density at radius 3 is 2.53 bits per heavy atom. The Morgan fingerprint density at radius 2 is 1.84 bits per heavy atom. The Hall–Kier alpha value is -1.85. The third-order valence-electron chi connectivity index (χ3n) is 2.65. The summed E-state index contributed by atoms with van der Waals surface area (Å²) in [7, 11) is 0. The topological polar surface area (TPSA) is 37.4 Å². The Morgan fingerprint density at radius 1 is 1.05 bits per heavy atom. The second kappa shape index (κ2) is 5.03. The molecular formula is C14H9NO2S2. The van der Waals surface area contributed by atoms with Crippen LogP contribution < -0.4 is 4.90 Å². The van der Waals surface area contributed by atoms with Gasteiger partial charge in [0, 0.05) is 0 Å². The number of hydrogen-bond donors (Lipinski definition) is 0. The summed E-state index contributed by atoms with van der Waals surface area (Å²) in [6.07, 6.45) is 1.75. The molecule has 1 saturated heterocycles. The lowest BCUT2D eigenvalue weighted by atomic mass is 10.2.